The Labute approximate surface area is 157 Å². The maximum absolute atomic E-state index is 12.5. The third kappa shape index (κ3) is 6.08. The normalized spacial score (nSPS) is 11.4. The zero-order valence-electron chi connectivity index (χ0n) is 15.6. The van der Waals surface area contributed by atoms with Gasteiger partial charge in [0.05, 0.1) is 18.8 Å². The summed E-state index contributed by atoms with van der Waals surface area (Å²) in [5, 5.41) is 9.76. The summed E-state index contributed by atoms with van der Waals surface area (Å²) in [4.78, 5) is 0. The molecular weight excluding hydrogens is 357 g/mol. The maximum atomic E-state index is 12.5. The number of phenols is 1. The number of ether oxygens (including phenoxy) is 2. The summed E-state index contributed by atoms with van der Waals surface area (Å²) in [6.07, 6.45) is -1.31. The van der Waals surface area contributed by atoms with Gasteiger partial charge in [0.2, 0.25) is 0 Å². The van der Waals surface area contributed by atoms with E-state index in [0.717, 1.165) is 54.7 Å². The van der Waals surface area contributed by atoms with Gasteiger partial charge in [-0.25, -0.2) is 0 Å². The number of alkyl halides is 3. The van der Waals surface area contributed by atoms with E-state index in [1.54, 1.807) is 12.1 Å². The van der Waals surface area contributed by atoms with Crippen LogP contribution < -0.4 is 9.47 Å². The first kappa shape index (κ1) is 20.9. The number of rotatable bonds is 9. The van der Waals surface area contributed by atoms with Crippen LogP contribution in [0.15, 0.2) is 36.4 Å². The average Bonchev–Trinajstić information content (AvgIpc) is 2.64. The highest BCUT2D eigenvalue weighted by molar-refractivity contribution is 5.47. The second kappa shape index (κ2) is 9.53. The van der Waals surface area contributed by atoms with Crippen molar-refractivity contribution >= 4 is 0 Å². The molecule has 1 N–H and O–H groups in total. The second-order valence-electron chi connectivity index (χ2n) is 6.23. The molecule has 2 aromatic rings. The van der Waals surface area contributed by atoms with E-state index in [0.29, 0.717) is 19.0 Å². The SMILES string of the molecule is CCc1cc(O)cc(CC)c1OCCCCOc1ccc(C(F)(F)F)cc1. The van der Waals surface area contributed by atoms with Crippen LogP contribution in [-0.2, 0) is 19.0 Å². The van der Waals surface area contributed by atoms with Crippen molar-refractivity contribution in [1.82, 2.24) is 0 Å². The first-order valence-electron chi connectivity index (χ1n) is 9.12. The van der Waals surface area contributed by atoms with Crippen LogP contribution in [0.3, 0.4) is 0 Å². The van der Waals surface area contributed by atoms with E-state index in [-0.39, 0.29) is 5.75 Å². The predicted octanol–water partition coefficient (Wildman–Crippen LogP) is 5.77. The van der Waals surface area contributed by atoms with Crippen molar-refractivity contribution in [3.8, 4) is 17.2 Å². The quantitative estimate of drug-likeness (QED) is 0.559. The largest absolute Gasteiger partial charge is 0.508 e. The molecule has 0 aliphatic heterocycles. The fourth-order valence-electron chi connectivity index (χ4n) is 2.76. The molecule has 0 aliphatic rings. The molecule has 0 aliphatic carbocycles. The van der Waals surface area contributed by atoms with E-state index in [2.05, 4.69) is 0 Å². The Hall–Kier alpha value is -2.37. The smallest absolute Gasteiger partial charge is 0.416 e. The van der Waals surface area contributed by atoms with Crippen molar-refractivity contribution in [2.75, 3.05) is 13.2 Å². The highest BCUT2D eigenvalue weighted by Crippen LogP contribution is 2.31. The molecule has 148 valence electrons. The molecule has 0 saturated heterocycles. The lowest BCUT2D eigenvalue weighted by molar-refractivity contribution is -0.137. The molecule has 0 radical (unpaired) electrons. The Bertz CT molecular complexity index is 699. The fraction of sp³-hybridized carbons (Fsp3) is 0.429. The molecule has 0 unspecified atom stereocenters. The van der Waals surface area contributed by atoms with E-state index < -0.39 is 11.7 Å². The van der Waals surface area contributed by atoms with Gasteiger partial charge in [0, 0.05) is 0 Å². The van der Waals surface area contributed by atoms with Crippen LogP contribution >= 0.6 is 0 Å². The van der Waals surface area contributed by atoms with Gasteiger partial charge in [-0.05, 0) is 73.2 Å². The molecule has 0 fully saturated rings. The Kier molecular flexibility index (Phi) is 7.39. The number of benzene rings is 2. The van der Waals surface area contributed by atoms with Crippen molar-refractivity contribution in [3.63, 3.8) is 0 Å². The second-order valence-corrected chi connectivity index (χ2v) is 6.23. The Balaban J connectivity index is 1.77. The molecule has 2 rings (SSSR count). The van der Waals surface area contributed by atoms with Gasteiger partial charge in [-0.15, -0.1) is 0 Å². The summed E-state index contributed by atoms with van der Waals surface area (Å²) in [5.41, 5.74) is 1.27. The molecule has 0 bridgehead atoms. The van der Waals surface area contributed by atoms with Crippen molar-refractivity contribution in [2.24, 2.45) is 0 Å². The third-order valence-electron chi connectivity index (χ3n) is 4.22. The molecule has 0 spiro atoms. The molecule has 27 heavy (non-hydrogen) atoms. The standard InChI is InChI=1S/C21H25F3O3/c1-3-15-13-18(25)14-16(4-2)20(15)27-12-6-5-11-26-19-9-7-17(8-10-19)21(22,23)24/h7-10,13-14,25H,3-6,11-12H2,1-2H3. The van der Waals surface area contributed by atoms with E-state index in [4.69, 9.17) is 9.47 Å². The Morgan fingerprint density at radius 1 is 0.852 bits per heavy atom. The summed E-state index contributed by atoms with van der Waals surface area (Å²) in [7, 11) is 0. The van der Waals surface area contributed by atoms with Gasteiger partial charge in [-0.3, -0.25) is 0 Å². The van der Waals surface area contributed by atoms with Crippen molar-refractivity contribution in [2.45, 2.75) is 45.7 Å². The lowest BCUT2D eigenvalue weighted by Crippen LogP contribution is -2.06. The van der Waals surface area contributed by atoms with Crippen LogP contribution in [0.25, 0.3) is 0 Å². The Morgan fingerprint density at radius 3 is 1.85 bits per heavy atom. The molecule has 3 nitrogen and oxygen atoms in total. The molecule has 0 heterocycles. The minimum Gasteiger partial charge on any atom is -0.508 e. The third-order valence-corrected chi connectivity index (χ3v) is 4.22. The van der Waals surface area contributed by atoms with Crippen LogP contribution in [0.5, 0.6) is 17.2 Å². The van der Waals surface area contributed by atoms with E-state index in [1.165, 1.54) is 12.1 Å². The van der Waals surface area contributed by atoms with Gasteiger partial charge in [0.1, 0.15) is 17.2 Å². The number of phenolic OH excluding ortho intramolecular Hbond substituents is 1. The molecular formula is C21H25F3O3. The summed E-state index contributed by atoms with van der Waals surface area (Å²) < 4.78 is 48.9. The van der Waals surface area contributed by atoms with Crippen LogP contribution in [0, 0.1) is 0 Å². The first-order valence-corrected chi connectivity index (χ1v) is 9.12. The molecule has 0 atom stereocenters. The van der Waals surface area contributed by atoms with Gasteiger partial charge in [-0.1, -0.05) is 13.8 Å². The topological polar surface area (TPSA) is 38.7 Å². The summed E-state index contributed by atoms with van der Waals surface area (Å²) in [6, 6.07) is 8.14. The highest BCUT2D eigenvalue weighted by Gasteiger charge is 2.29. The summed E-state index contributed by atoms with van der Waals surface area (Å²) >= 11 is 0. The lowest BCUT2D eigenvalue weighted by Gasteiger charge is -2.15. The van der Waals surface area contributed by atoms with E-state index in [9.17, 15) is 18.3 Å². The van der Waals surface area contributed by atoms with Crippen molar-refractivity contribution < 1.29 is 27.8 Å². The number of halogens is 3. The van der Waals surface area contributed by atoms with Gasteiger partial charge in [-0.2, -0.15) is 13.2 Å². The lowest BCUT2D eigenvalue weighted by atomic mass is 10.0. The fourth-order valence-corrected chi connectivity index (χ4v) is 2.76. The van der Waals surface area contributed by atoms with Gasteiger partial charge >= 0.3 is 6.18 Å². The van der Waals surface area contributed by atoms with Crippen molar-refractivity contribution in [1.29, 1.82) is 0 Å². The molecule has 0 saturated carbocycles. The monoisotopic (exact) mass is 382 g/mol. The molecule has 6 heteroatoms. The zero-order chi connectivity index (χ0) is 19.9. The summed E-state index contributed by atoms with van der Waals surface area (Å²) in [5.74, 6) is 1.51. The van der Waals surface area contributed by atoms with E-state index >= 15 is 0 Å². The number of hydrogen-bond acceptors (Lipinski definition) is 3. The van der Waals surface area contributed by atoms with Crippen LogP contribution in [0.4, 0.5) is 13.2 Å². The minimum absolute atomic E-state index is 0.251. The van der Waals surface area contributed by atoms with Crippen LogP contribution in [0.2, 0.25) is 0 Å². The molecule has 2 aromatic carbocycles. The van der Waals surface area contributed by atoms with Gasteiger partial charge in [0.15, 0.2) is 0 Å². The number of unbranched alkanes of at least 4 members (excludes halogenated alkanes) is 1. The minimum atomic E-state index is -4.33. The van der Waals surface area contributed by atoms with Crippen LogP contribution in [0.1, 0.15) is 43.4 Å². The van der Waals surface area contributed by atoms with E-state index in [1.807, 2.05) is 13.8 Å². The average molecular weight is 382 g/mol. The van der Waals surface area contributed by atoms with Crippen LogP contribution in [-0.4, -0.2) is 18.3 Å². The maximum Gasteiger partial charge on any atom is 0.416 e. The number of aromatic hydroxyl groups is 1. The highest BCUT2D eigenvalue weighted by atomic mass is 19.4. The molecule has 0 amide bonds. The van der Waals surface area contributed by atoms with Crippen molar-refractivity contribution in [3.05, 3.63) is 53.1 Å². The summed E-state index contributed by atoms with van der Waals surface area (Å²) in [6.45, 7) is 4.95. The number of hydrogen-bond donors (Lipinski definition) is 1. The first-order chi connectivity index (χ1) is 12.8. The zero-order valence-corrected chi connectivity index (χ0v) is 15.6. The number of aryl methyl sites for hydroxylation is 2. The molecule has 0 aromatic heterocycles. The Morgan fingerprint density at radius 2 is 1.37 bits per heavy atom. The van der Waals surface area contributed by atoms with Gasteiger partial charge in [0.25, 0.3) is 0 Å². The van der Waals surface area contributed by atoms with Gasteiger partial charge < -0.3 is 14.6 Å². The predicted molar refractivity (Wildman–Crippen MR) is 98.5 cm³/mol.